The summed E-state index contributed by atoms with van der Waals surface area (Å²) in [6.45, 7) is 6.86. The molecule has 0 aliphatic rings. The minimum absolute atomic E-state index is 0.0505. The van der Waals surface area contributed by atoms with Crippen molar-refractivity contribution in [3.05, 3.63) is 23.3 Å². The van der Waals surface area contributed by atoms with E-state index in [-0.39, 0.29) is 13.0 Å². The van der Waals surface area contributed by atoms with E-state index in [0.29, 0.717) is 0 Å². The minimum atomic E-state index is -1.21. The molecule has 0 rings (SSSR count). The van der Waals surface area contributed by atoms with E-state index in [1.165, 1.54) is 13.8 Å². The minimum Gasteiger partial charge on any atom is -0.392 e. The van der Waals surface area contributed by atoms with E-state index in [2.05, 4.69) is 0 Å². The highest BCUT2D eigenvalue weighted by atomic mass is 16.3. The third-order valence-corrected chi connectivity index (χ3v) is 3.23. The third-order valence-electron chi connectivity index (χ3n) is 3.23. The maximum Gasteiger partial charge on any atom is 0.0850 e. The number of rotatable bonds is 8. The molecule has 2 atom stereocenters. The van der Waals surface area contributed by atoms with Crippen LogP contribution in [-0.2, 0) is 0 Å². The smallest absolute Gasteiger partial charge is 0.0850 e. The second-order valence-corrected chi connectivity index (χ2v) is 5.64. The average molecular weight is 272 g/mol. The second-order valence-electron chi connectivity index (χ2n) is 5.64. The molecule has 0 aromatic carbocycles. The van der Waals surface area contributed by atoms with Gasteiger partial charge in [-0.25, -0.2) is 0 Å². The summed E-state index contributed by atoms with van der Waals surface area (Å²) < 4.78 is 0. The number of hydrogen-bond donors (Lipinski definition) is 4. The third kappa shape index (κ3) is 8.16. The zero-order chi connectivity index (χ0) is 15.1. The molecule has 0 aromatic heterocycles. The number of hydrogen-bond acceptors (Lipinski definition) is 4. The molecule has 0 saturated heterocycles. The summed E-state index contributed by atoms with van der Waals surface area (Å²) in [4.78, 5) is 0. The molecule has 19 heavy (non-hydrogen) atoms. The van der Waals surface area contributed by atoms with Crippen LogP contribution < -0.4 is 0 Å². The summed E-state index contributed by atoms with van der Waals surface area (Å²) in [6, 6.07) is 0. The van der Waals surface area contributed by atoms with Gasteiger partial charge in [0.25, 0.3) is 0 Å². The molecule has 4 nitrogen and oxygen atoms in total. The van der Waals surface area contributed by atoms with Gasteiger partial charge in [0, 0.05) is 6.42 Å². The van der Waals surface area contributed by atoms with Crippen molar-refractivity contribution in [2.75, 3.05) is 6.61 Å². The molecule has 0 bridgehead atoms. The predicted octanol–water partition coefficient (Wildman–Crippen LogP) is 1.53. The van der Waals surface area contributed by atoms with E-state index < -0.39 is 17.8 Å². The monoisotopic (exact) mass is 272 g/mol. The van der Waals surface area contributed by atoms with Crippen LogP contribution in [0.3, 0.4) is 0 Å². The fourth-order valence-electron chi connectivity index (χ4n) is 1.61. The van der Waals surface area contributed by atoms with Crippen molar-refractivity contribution in [3.8, 4) is 0 Å². The van der Waals surface area contributed by atoms with Gasteiger partial charge >= 0.3 is 0 Å². The number of aliphatic hydroxyl groups excluding tert-OH is 3. The van der Waals surface area contributed by atoms with Gasteiger partial charge in [-0.05, 0) is 46.1 Å². The maximum absolute atomic E-state index is 9.93. The van der Waals surface area contributed by atoms with Crippen molar-refractivity contribution in [1.29, 1.82) is 0 Å². The van der Waals surface area contributed by atoms with Crippen LogP contribution >= 0.6 is 0 Å². The zero-order valence-electron chi connectivity index (χ0n) is 12.4. The lowest BCUT2D eigenvalue weighted by molar-refractivity contribution is -0.0640. The van der Waals surface area contributed by atoms with Gasteiger partial charge in [-0.2, -0.15) is 0 Å². The molecule has 0 radical (unpaired) electrons. The quantitative estimate of drug-likeness (QED) is 0.505. The second kappa shape index (κ2) is 8.48. The maximum atomic E-state index is 9.93. The highest BCUT2D eigenvalue weighted by Gasteiger charge is 2.27. The van der Waals surface area contributed by atoms with Crippen molar-refractivity contribution in [2.24, 2.45) is 0 Å². The Hall–Kier alpha value is -0.680. The molecule has 0 fully saturated rings. The topological polar surface area (TPSA) is 80.9 Å². The van der Waals surface area contributed by atoms with Crippen molar-refractivity contribution in [2.45, 2.75) is 64.8 Å². The van der Waals surface area contributed by atoms with Gasteiger partial charge < -0.3 is 20.4 Å². The Morgan fingerprint density at radius 1 is 1.16 bits per heavy atom. The largest absolute Gasteiger partial charge is 0.392 e. The number of aliphatic hydroxyl groups is 4. The van der Waals surface area contributed by atoms with Crippen LogP contribution in [0.4, 0.5) is 0 Å². The molecule has 0 unspecified atom stereocenters. The van der Waals surface area contributed by atoms with E-state index in [0.717, 1.165) is 24.0 Å². The first kappa shape index (κ1) is 18.3. The molecule has 4 N–H and O–H groups in total. The first-order valence-corrected chi connectivity index (χ1v) is 6.70. The van der Waals surface area contributed by atoms with Crippen LogP contribution in [0.2, 0.25) is 0 Å². The Labute approximate surface area is 116 Å². The Morgan fingerprint density at radius 3 is 2.21 bits per heavy atom. The van der Waals surface area contributed by atoms with E-state index in [1.807, 2.05) is 19.9 Å². The molecule has 0 saturated carbocycles. The van der Waals surface area contributed by atoms with Gasteiger partial charge in [0.2, 0.25) is 0 Å². The van der Waals surface area contributed by atoms with Crippen LogP contribution in [-0.4, -0.2) is 44.8 Å². The fourth-order valence-corrected chi connectivity index (χ4v) is 1.61. The van der Waals surface area contributed by atoms with Gasteiger partial charge in [-0.3, -0.25) is 0 Å². The SMILES string of the molecule is CC(=CCO)CCC=C(C)[C@H](O)C[C@H](O)C(C)(C)O. The van der Waals surface area contributed by atoms with Gasteiger partial charge in [-0.15, -0.1) is 0 Å². The van der Waals surface area contributed by atoms with Crippen molar-refractivity contribution in [1.82, 2.24) is 0 Å². The Balaban J connectivity index is 4.26. The molecule has 0 aromatic rings. The van der Waals surface area contributed by atoms with Crippen LogP contribution in [0.5, 0.6) is 0 Å². The zero-order valence-corrected chi connectivity index (χ0v) is 12.4. The van der Waals surface area contributed by atoms with Crippen LogP contribution in [0.15, 0.2) is 23.3 Å². The number of allylic oxidation sites excluding steroid dienone is 2. The van der Waals surface area contributed by atoms with E-state index in [9.17, 15) is 15.3 Å². The van der Waals surface area contributed by atoms with Crippen LogP contribution in [0.1, 0.15) is 47.0 Å². The predicted molar refractivity (Wildman–Crippen MR) is 76.8 cm³/mol. The van der Waals surface area contributed by atoms with Crippen molar-refractivity contribution < 1.29 is 20.4 Å². The molecule has 0 heterocycles. The first-order chi connectivity index (χ1) is 8.68. The molecular weight excluding hydrogens is 244 g/mol. The molecule has 0 aliphatic heterocycles. The lowest BCUT2D eigenvalue weighted by Crippen LogP contribution is -2.38. The van der Waals surface area contributed by atoms with Gasteiger partial charge in [0.1, 0.15) is 0 Å². The highest BCUT2D eigenvalue weighted by molar-refractivity contribution is 5.08. The Kier molecular flexibility index (Phi) is 8.18. The van der Waals surface area contributed by atoms with E-state index in [1.54, 1.807) is 6.08 Å². The van der Waals surface area contributed by atoms with E-state index >= 15 is 0 Å². The van der Waals surface area contributed by atoms with Crippen molar-refractivity contribution >= 4 is 0 Å². The summed E-state index contributed by atoms with van der Waals surface area (Å²) in [5, 5.41) is 38.0. The summed E-state index contributed by atoms with van der Waals surface area (Å²) in [6.07, 6.45) is 3.72. The van der Waals surface area contributed by atoms with E-state index in [4.69, 9.17) is 5.11 Å². The lowest BCUT2D eigenvalue weighted by Gasteiger charge is -2.26. The standard InChI is InChI=1S/C15H28O4/c1-11(8-9-16)6-5-7-12(2)13(17)10-14(18)15(3,4)19/h7-8,13-14,16-19H,5-6,9-10H2,1-4H3/t13-,14+/m1/s1. The Bertz CT molecular complexity index is 313. The molecule has 0 aliphatic carbocycles. The van der Waals surface area contributed by atoms with Gasteiger partial charge in [-0.1, -0.05) is 17.7 Å². The first-order valence-electron chi connectivity index (χ1n) is 6.70. The molecular formula is C15H28O4. The summed E-state index contributed by atoms with van der Waals surface area (Å²) in [5.41, 5.74) is 0.694. The normalized spacial score (nSPS) is 17.5. The molecule has 4 heteroatoms. The highest BCUT2D eigenvalue weighted by Crippen LogP contribution is 2.18. The summed E-state index contributed by atoms with van der Waals surface area (Å²) in [5.74, 6) is 0. The van der Waals surface area contributed by atoms with Crippen molar-refractivity contribution in [3.63, 3.8) is 0 Å². The van der Waals surface area contributed by atoms with Crippen LogP contribution in [0.25, 0.3) is 0 Å². The average Bonchev–Trinajstić information content (AvgIpc) is 2.27. The molecule has 0 amide bonds. The summed E-state index contributed by atoms with van der Waals surface area (Å²) in [7, 11) is 0. The Morgan fingerprint density at radius 2 is 1.74 bits per heavy atom. The lowest BCUT2D eigenvalue weighted by atomic mass is 9.93. The molecule has 0 spiro atoms. The van der Waals surface area contributed by atoms with Gasteiger partial charge in [0.15, 0.2) is 0 Å². The fraction of sp³-hybridized carbons (Fsp3) is 0.733. The molecule has 112 valence electrons. The van der Waals surface area contributed by atoms with Gasteiger partial charge in [0.05, 0.1) is 24.4 Å². The van der Waals surface area contributed by atoms with Crippen LogP contribution in [0, 0.1) is 0 Å². The summed E-state index contributed by atoms with van der Waals surface area (Å²) >= 11 is 0.